The lowest BCUT2D eigenvalue weighted by molar-refractivity contribution is 0.475. The molecule has 3 aromatic carbocycles. The number of H-pyrrole nitrogens is 1. The molecule has 0 radical (unpaired) electrons. The number of aromatic amines is 1. The Bertz CT molecular complexity index is 1710. The van der Waals surface area contributed by atoms with E-state index >= 15 is 0 Å². The summed E-state index contributed by atoms with van der Waals surface area (Å²) in [6.45, 7) is 0. The van der Waals surface area contributed by atoms with Gasteiger partial charge in [-0.15, -0.1) is 0 Å². The lowest BCUT2D eigenvalue weighted by Crippen LogP contribution is -2.13. The highest BCUT2D eigenvalue weighted by molar-refractivity contribution is 6.30. The fourth-order valence-corrected chi connectivity index (χ4v) is 4.12. The largest absolute Gasteiger partial charge is 0.507 e. The van der Waals surface area contributed by atoms with Crippen molar-refractivity contribution in [2.24, 2.45) is 0 Å². The zero-order valence-electron chi connectivity index (χ0n) is 17.5. The topological polar surface area (TPSA) is 107 Å². The van der Waals surface area contributed by atoms with E-state index in [9.17, 15) is 20.0 Å². The molecule has 5 aromatic rings. The van der Waals surface area contributed by atoms with Crippen molar-refractivity contribution in [1.82, 2.24) is 4.98 Å². The van der Waals surface area contributed by atoms with Crippen molar-refractivity contribution in [3.8, 4) is 45.3 Å². The van der Waals surface area contributed by atoms with Gasteiger partial charge in [0.1, 0.15) is 17.4 Å². The zero-order valence-corrected chi connectivity index (χ0v) is 18.3. The summed E-state index contributed by atoms with van der Waals surface area (Å²) in [7, 11) is 0. The Kier molecular flexibility index (Phi) is 5.25. The van der Waals surface area contributed by atoms with Crippen LogP contribution in [0.15, 0.2) is 92.9 Å². The molecule has 5 rings (SSSR count). The number of fused-ring (bicyclic) bond motifs is 1. The minimum absolute atomic E-state index is 0.0859. The highest BCUT2D eigenvalue weighted by Gasteiger charge is 2.20. The monoisotopic (exact) mass is 466 g/mol. The first kappa shape index (κ1) is 21.3. The first-order valence-corrected chi connectivity index (χ1v) is 10.6. The number of benzene rings is 3. The molecule has 0 aliphatic heterocycles. The van der Waals surface area contributed by atoms with Crippen LogP contribution in [0.4, 0.5) is 0 Å². The number of aromatic hydroxyl groups is 1. The maximum Gasteiger partial charge on any atom is 0.336 e. The van der Waals surface area contributed by atoms with Crippen molar-refractivity contribution in [2.75, 3.05) is 0 Å². The van der Waals surface area contributed by atoms with Crippen LogP contribution in [0.2, 0.25) is 5.02 Å². The summed E-state index contributed by atoms with van der Waals surface area (Å²) in [6.07, 6.45) is 0. The highest BCUT2D eigenvalue weighted by atomic mass is 35.5. The van der Waals surface area contributed by atoms with Gasteiger partial charge in [-0.25, -0.2) is 4.79 Å². The molecule has 0 saturated carbocycles. The first-order chi connectivity index (χ1) is 16.5. The van der Waals surface area contributed by atoms with Gasteiger partial charge in [0.15, 0.2) is 5.58 Å². The van der Waals surface area contributed by atoms with Crippen LogP contribution >= 0.6 is 11.6 Å². The van der Waals surface area contributed by atoms with Gasteiger partial charge in [-0.05, 0) is 47.0 Å². The van der Waals surface area contributed by atoms with Crippen molar-refractivity contribution in [2.45, 2.75) is 0 Å². The van der Waals surface area contributed by atoms with Gasteiger partial charge >= 0.3 is 5.63 Å². The number of nitrogens with zero attached hydrogens (tertiary/aromatic N) is 1. The van der Waals surface area contributed by atoms with Crippen molar-refractivity contribution < 1.29 is 9.52 Å². The molecule has 2 heterocycles. The van der Waals surface area contributed by atoms with E-state index < -0.39 is 11.2 Å². The van der Waals surface area contributed by atoms with E-state index in [1.54, 1.807) is 36.4 Å². The van der Waals surface area contributed by atoms with Gasteiger partial charge in [0.05, 0.1) is 11.3 Å². The molecule has 0 bridgehead atoms. The van der Waals surface area contributed by atoms with Gasteiger partial charge in [0.25, 0.3) is 5.56 Å². The average Bonchev–Trinajstić information content (AvgIpc) is 2.84. The van der Waals surface area contributed by atoms with E-state index in [2.05, 4.69) is 4.98 Å². The summed E-state index contributed by atoms with van der Waals surface area (Å²) in [6, 6.07) is 24.0. The quantitative estimate of drug-likeness (QED) is 0.331. The first-order valence-electron chi connectivity index (χ1n) is 10.3. The van der Waals surface area contributed by atoms with Gasteiger partial charge in [-0.2, -0.15) is 5.26 Å². The number of pyridine rings is 1. The molecule has 0 aliphatic rings. The Morgan fingerprint density at radius 1 is 0.882 bits per heavy atom. The van der Waals surface area contributed by atoms with E-state index in [-0.39, 0.29) is 28.2 Å². The number of nitrogens with one attached hydrogen (secondary N) is 1. The van der Waals surface area contributed by atoms with E-state index in [1.807, 2.05) is 36.4 Å². The molecule has 6 nitrogen and oxygen atoms in total. The Labute approximate surface area is 197 Å². The van der Waals surface area contributed by atoms with E-state index in [1.165, 1.54) is 12.1 Å². The van der Waals surface area contributed by atoms with Crippen LogP contribution in [-0.4, -0.2) is 10.1 Å². The minimum Gasteiger partial charge on any atom is -0.507 e. The third-order valence-electron chi connectivity index (χ3n) is 5.55. The normalized spacial score (nSPS) is 10.8. The molecule has 0 fully saturated rings. The highest BCUT2D eigenvalue weighted by Crippen LogP contribution is 2.39. The predicted octanol–water partition coefficient (Wildman–Crippen LogP) is 5.71. The van der Waals surface area contributed by atoms with Crippen LogP contribution in [0.25, 0.3) is 44.5 Å². The fraction of sp³-hybridized carbons (Fsp3) is 0. The van der Waals surface area contributed by atoms with Crippen LogP contribution in [0.1, 0.15) is 5.56 Å². The van der Waals surface area contributed by atoms with E-state index in [4.69, 9.17) is 16.0 Å². The molecule has 34 heavy (non-hydrogen) atoms. The lowest BCUT2D eigenvalue weighted by atomic mass is 9.96. The van der Waals surface area contributed by atoms with Crippen LogP contribution in [-0.2, 0) is 0 Å². The molecule has 0 saturated heterocycles. The fourth-order valence-electron chi connectivity index (χ4n) is 4.00. The average molecular weight is 467 g/mol. The second kappa shape index (κ2) is 8.39. The maximum absolute atomic E-state index is 12.8. The molecule has 0 spiro atoms. The molecule has 0 atom stereocenters. The Balaban J connectivity index is 1.84. The molecule has 0 aliphatic carbocycles. The van der Waals surface area contributed by atoms with Crippen LogP contribution < -0.4 is 11.2 Å². The third kappa shape index (κ3) is 3.64. The van der Waals surface area contributed by atoms with Crippen molar-refractivity contribution >= 4 is 22.6 Å². The van der Waals surface area contributed by atoms with Gasteiger partial charge < -0.3 is 14.5 Å². The van der Waals surface area contributed by atoms with Crippen molar-refractivity contribution in [3.05, 3.63) is 110 Å². The molecule has 164 valence electrons. The number of aromatic nitrogens is 1. The summed E-state index contributed by atoms with van der Waals surface area (Å²) in [4.78, 5) is 28.0. The van der Waals surface area contributed by atoms with Gasteiger partial charge in [0, 0.05) is 22.0 Å². The smallest absolute Gasteiger partial charge is 0.336 e. The van der Waals surface area contributed by atoms with E-state index in [0.717, 1.165) is 5.56 Å². The Morgan fingerprint density at radius 2 is 1.59 bits per heavy atom. The second-order valence-electron chi connectivity index (χ2n) is 7.60. The minimum atomic E-state index is -0.636. The third-order valence-corrected chi connectivity index (χ3v) is 5.80. The van der Waals surface area contributed by atoms with Gasteiger partial charge in [0.2, 0.25) is 0 Å². The molecule has 0 amide bonds. The summed E-state index contributed by atoms with van der Waals surface area (Å²) in [5, 5.41) is 21.4. The number of rotatable bonds is 3. The summed E-state index contributed by atoms with van der Waals surface area (Å²) >= 11 is 5.99. The molecular weight excluding hydrogens is 452 g/mol. The SMILES string of the molecule is N#Cc1c(-c2ccc(Cl)cc2)cc(-c2c(O)ccc3c(-c4ccccc4)cc(=O)oc23)[nH]c1=O. The van der Waals surface area contributed by atoms with Crippen LogP contribution in [0, 0.1) is 11.3 Å². The number of hydrogen-bond donors (Lipinski definition) is 2. The van der Waals surface area contributed by atoms with Crippen molar-refractivity contribution in [3.63, 3.8) is 0 Å². The molecule has 2 aromatic heterocycles. The second-order valence-corrected chi connectivity index (χ2v) is 8.04. The van der Waals surface area contributed by atoms with Crippen molar-refractivity contribution in [1.29, 1.82) is 5.26 Å². The lowest BCUT2D eigenvalue weighted by Gasteiger charge is -2.13. The molecule has 0 unspecified atom stereocenters. The number of hydrogen-bond acceptors (Lipinski definition) is 5. The number of halogens is 1. The van der Waals surface area contributed by atoms with Gasteiger partial charge in [-0.3, -0.25) is 4.79 Å². The van der Waals surface area contributed by atoms with E-state index in [0.29, 0.717) is 27.1 Å². The van der Waals surface area contributed by atoms with Gasteiger partial charge in [-0.1, -0.05) is 54.1 Å². The number of phenolic OH excluding ortho intramolecular Hbond substituents is 1. The number of nitriles is 1. The van der Waals surface area contributed by atoms with Crippen LogP contribution in [0.3, 0.4) is 0 Å². The molecule has 7 heteroatoms. The maximum atomic E-state index is 12.8. The summed E-state index contributed by atoms with van der Waals surface area (Å²) in [5.41, 5.74) is 1.51. The molecule has 2 N–H and O–H groups in total. The standard InChI is InChI=1S/C27H15ClN2O4/c28-17-8-6-16(7-9-17)19-12-22(30-27(33)21(19)14-29)25-23(31)11-10-18-20(13-24(32)34-26(18)25)15-4-2-1-3-5-15/h1-13,31H,(H,30,33). The number of phenols is 1. The Hall–Kier alpha value is -4.60. The Morgan fingerprint density at radius 3 is 2.29 bits per heavy atom. The zero-order chi connectivity index (χ0) is 23.8. The molecular formula is C27H15ClN2O4. The summed E-state index contributed by atoms with van der Waals surface area (Å²) in [5.74, 6) is -0.191. The van der Waals surface area contributed by atoms with Crippen LogP contribution in [0.5, 0.6) is 5.75 Å². The predicted molar refractivity (Wildman–Crippen MR) is 131 cm³/mol. The summed E-state index contributed by atoms with van der Waals surface area (Å²) < 4.78 is 5.53.